The highest BCUT2D eigenvalue weighted by atomic mass is 35.5. The fourth-order valence-corrected chi connectivity index (χ4v) is 3.49. The normalized spacial score (nSPS) is 11.5. The molecule has 0 saturated carbocycles. The van der Waals surface area contributed by atoms with Gasteiger partial charge in [-0.1, -0.05) is 17.7 Å². The van der Waals surface area contributed by atoms with E-state index in [0.717, 1.165) is 29.5 Å². The monoisotopic (exact) mass is 444 g/mol. The summed E-state index contributed by atoms with van der Waals surface area (Å²) in [6, 6.07) is 6.67. The highest BCUT2D eigenvalue weighted by Gasteiger charge is 2.31. The fourth-order valence-electron chi connectivity index (χ4n) is 2.48. The second kappa shape index (κ2) is 8.38. The molecule has 2 aromatic carbocycles. The number of benzene rings is 2. The van der Waals surface area contributed by atoms with Gasteiger partial charge in [-0.25, -0.2) is 9.37 Å². The van der Waals surface area contributed by atoms with E-state index in [0.29, 0.717) is 5.56 Å². The Bertz CT molecular complexity index is 1050. The molecule has 0 spiro atoms. The molecule has 0 radical (unpaired) electrons. The molecule has 0 aliphatic rings. The predicted molar refractivity (Wildman–Crippen MR) is 96.4 cm³/mol. The number of alkyl halides is 3. The third-order valence-electron chi connectivity index (χ3n) is 3.89. The van der Waals surface area contributed by atoms with Gasteiger partial charge in [0.1, 0.15) is 18.2 Å². The van der Waals surface area contributed by atoms with E-state index in [2.05, 4.69) is 4.98 Å². The van der Waals surface area contributed by atoms with Crippen molar-refractivity contribution in [3.05, 3.63) is 80.0 Å². The summed E-state index contributed by atoms with van der Waals surface area (Å²) in [5.41, 5.74) is -0.557. The van der Waals surface area contributed by atoms with E-state index in [1.54, 1.807) is 0 Å². The number of halogens is 5. The fraction of sp³-hybridized carbons (Fsp3) is 0.158. The van der Waals surface area contributed by atoms with E-state index >= 15 is 0 Å². The number of carbonyl (C=O) groups is 1. The van der Waals surface area contributed by atoms with Crippen molar-refractivity contribution in [1.82, 2.24) is 4.98 Å². The van der Waals surface area contributed by atoms with Gasteiger partial charge in [0, 0.05) is 22.9 Å². The minimum Gasteiger partial charge on any atom is -0.543 e. The summed E-state index contributed by atoms with van der Waals surface area (Å²) in [6.07, 6.45) is -4.64. The molecule has 1 aromatic heterocycles. The summed E-state index contributed by atoms with van der Waals surface area (Å²) in [5, 5.41) is 12.5. The molecule has 3 aromatic rings. The van der Waals surface area contributed by atoms with Gasteiger partial charge in [0.05, 0.1) is 27.3 Å². The molecule has 0 aliphatic heterocycles. The van der Waals surface area contributed by atoms with Crippen molar-refractivity contribution in [2.75, 3.05) is 0 Å². The Morgan fingerprint density at radius 1 is 1.17 bits per heavy atom. The predicted octanol–water partition coefficient (Wildman–Crippen LogP) is 4.49. The zero-order chi connectivity index (χ0) is 21.2. The lowest BCUT2D eigenvalue weighted by Gasteiger charge is -2.15. The number of thiazole rings is 1. The zero-order valence-corrected chi connectivity index (χ0v) is 16.0. The molecule has 0 unspecified atom stereocenters. The van der Waals surface area contributed by atoms with Gasteiger partial charge in [0.2, 0.25) is 0 Å². The van der Waals surface area contributed by atoms with Gasteiger partial charge in [0.15, 0.2) is 0 Å². The number of carbonyl (C=O) groups excluding carboxylic acids is 1. The van der Waals surface area contributed by atoms with Crippen LogP contribution in [0.2, 0.25) is 5.02 Å². The first kappa shape index (κ1) is 21.1. The number of aromatic carboxylic acids is 1. The Hall–Kier alpha value is -2.65. The molecule has 0 aliphatic carbocycles. The van der Waals surface area contributed by atoms with Gasteiger partial charge in [0.25, 0.3) is 0 Å². The van der Waals surface area contributed by atoms with Crippen molar-refractivity contribution < 1.29 is 32.2 Å². The second-order valence-corrected chi connectivity index (χ2v) is 7.29. The van der Waals surface area contributed by atoms with Gasteiger partial charge in [-0.05, 0) is 30.3 Å². The molecule has 3 rings (SSSR count). The molecular weight excluding hydrogens is 434 g/mol. The van der Waals surface area contributed by atoms with Crippen LogP contribution < -0.4 is 9.84 Å². The van der Waals surface area contributed by atoms with Crippen molar-refractivity contribution in [1.29, 1.82) is 0 Å². The van der Waals surface area contributed by atoms with E-state index in [4.69, 9.17) is 16.3 Å². The maximum atomic E-state index is 13.1. The topological polar surface area (TPSA) is 62.2 Å². The molecule has 10 heteroatoms. The van der Waals surface area contributed by atoms with Crippen molar-refractivity contribution in [2.45, 2.75) is 19.2 Å². The number of hydrogen-bond donors (Lipinski definition) is 0. The van der Waals surface area contributed by atoms with Crippen LogP contribution in [0.25, 0.3) is 0 Å². The highest BCUT2D eigenvalue weighted by Crippen LogP contribution is 2.34. The maximum absolute atomic E-state index is 13.1. The largest absolute Gasteiger partial charge is 0.543 e. The summed E-state index contributed by atoms with van der Waals surface area (Å²) < 4.78 is 58.1. The summed E-state index contributed by atoms with van der Waals surface area (Å²) in [5.74, 6) is -1.86. The van der Waals surface area contributed by atoms with E-state index < -0.39 is 23.5 Å². The van der Waals surface area contributed by atoms with E-state index in [1.807, 2.05) is 0 Å². The average molecular weight is 445 g/mol. The number of carboxylic acid groups (broad SMARTS) is 1. The molecule has 0 amide bonds. The van der Waals surface area contributed by atoms with Crippen molar-refractivity contribution in [3.63, 3.8) is 0 Å². The van der Waals surface area contributed by atoms with Crippen LogP contribution in [0.1, 0.15) is 32.2 Å². The number of aromatic nitrogens is 1. The summed E-state index contributed by atoms with van der Waals surface area (Å²) in [7, 11) is 0. The van der Waals surface area contributed by atoms with Crippen LogP contribution in [-0.2, 0) is 19.2 Å². The van der Waals surface area contributed by atoms with Gasteiger partial charge < -0.3 is 14.6 Å². The lowest BCUT2D eigenvalue weighted by molar-refractivity contribution is -0.255. The molecule has 1 heterocycles. The molecule has 0 fully saturated rings. The molecule has 0 saturated heterocycles. The third-order valence-corrected chi connectivity index (χ3v) is 5.09. The van der Waals surface area contributed by atoms with Gasteiger partial charge in [-0.15, -0.1) is 11.3 Å². The first-order chi connectivity index (χ1) is 13.6. The molecule has 29 heavy (non-hydrogen) atoms. The van der Waals surface area contributed by atoms with Gasteiger partial charge >= 0.3 is 6.18 Å². The van der Waals surface area contributed by atoms with Crippen LogP contribution in [0.15, 0.2) is 41.8 Å². The lowest BCUT2D eigenvalue weighted by Crippen LogP contribution is -2.22. The number of rotatable bonds is 6. The number of hydrogen-bond acceptors (Lipinski definition) is 5. The molecule has 0 bridgehead atoms. The molecule has 4 nitrogen and oxygen atoms in total. The quantitative estimate of drug-likeness (QED) is 0.526. The van der Waals surface area contributed by atoms with E-state index in [-0.39, 0.29) is 40.1 Å². The Balaban J connectivity index is 1.89. The highest BCUT2D eigenvalue weighted by molar-refractivity contribution is 7.09. The first-order valence-electron chi connectivity index (χ1n) is 8.06. The second-order valence-electron chi connectivity index (χ2n) is 5.94. The van der Waals surface area contributed by atoms with Gasteiger partial charge in [-0.2, -0.15) is 13.2 Å². The number of carboxylic acids is 1. The summed E-state index contributed by atoms with van der Waals surface area (Å²) in [6.45, 7) is -0.0976. The Morgan fingerprint density at radius 2 is 1.93 bits per heavy atom. The average Bonchev–Trinajstić information content (AvgIpc) is 3.10. The van der Waals surface area contributed by atoms with Crippen molar-refractivity contribution in [3.8, 4) is 5.75 Å². The van der Waals surface area contributed by atoms with E-state index in [9.17, 15) is 27.5 Å². The zero-order valence-electron chi connectivity index (χ0n) is 14.4. The lowest BCUT2D eigenvalue weighted by atomic mass is 10.1. The standard InChI is InChI=1S/C19H12ClF4NO3S/c20-14-7-13(21)3-1-10(14)8-28-16-4-2-12(19(22,23)24)5-11(16)6-17-25-15(9-29-17)18(26)27/h1-5,7,9H,6,8H2,(H,26,27)/p-1. The number of ether oxygens (including phenoxy) is 1. The number of nitrogens with zero attached hydrogens (tertiary/aromatic N) is 1. The third kappa shape index (κ3) is 5.24. The van der Waals surface area contributed by atoms with Crippen molar-refractivity contribution in [2.24, 2.45) is 0 Å². The maximum Gasteiger partial charge on any atom is 0.416 e. The smallest absolute Gasteiger partial charge is 0.416 e. The minimum absolute atomic E-state index is 0.0750. The SMILES string of the molecule is O=C([O-])c1csc(Cc2cc(C(F)(F)F)ccc2OCc2ccc(F)cc2Cl)n1. The molecule has 0 atom stereocenters. The Morgan fingerprint density at radius 3 is 2.55 bits per heavy atom. The summed E-state index contributed by atoms with van der Waals surface area (Å²) in [4.78, 5) is 14.7. The van der Waals surface area contributed by atoms with Crippen LogP contribution in [0, 0.1) is 5.82 Å². The van der Waals surface area contributed by atoms with Crippen molar-refractivity contribution >= 4 is 28.9 Å². The van der Waals surface area contributed by atoms with Crippen LogP contribution in [-0.4, -0.2) is 11.0 Å². The first-order valence-corrected chi connectivity index (χ1v) is 9.32. The van der Waals surface area contributed by atoms with Gasteiger partial charge in [-0.3, -0.25) is 0 Å². The Kier molecular flexibility index (Phi) is 6.09. The minimum atomic E-state index is -4.56. The van der Waals surface area contributed by atoms with E-state index in [1.165, 1.54) is 23.6 Å². The molecule has 152 valence electrons. The van der Waals surface area contributed by atoms with Crippen LogP contribution in [0.3, 0.4) is 0 Å². The molecular formula is C19H11ClF4NO3S-. The van der Waals surface area contributed by atoms with Crippen LogP contribution >= 0.6 is 22.9 Å². The van der Waals surface area contributed by atoms with Crippen LogP contribution in [0.5, 0.6) is 5.75 Å². The Labute approximate surface area is 171 Å². The summed E-state index contributed by atoms with van der Waals surface area (Å²) >= 11 is 6.93. The van der Waals surface area contributed by atoms with Crippen LogP contribution in [0.4, 0.5) is 17.6 Å². The molecule has 0 N–H and O–H groups in total.